The number of hydrogen-bond acceptors (Lipinski definition) is 3. The summed E-state index contributed by atoms with van der Waals surface area (Å²) in [5.41, 5.74) is 2.91. The van der Waals surface area contributed by atoms with Crippen molar-refractivity contribution in [1.82, 2.24) is 4.98 Å². The first-order chi connectivity index (χ1) is 9.72. The number of benzene rings is 2. The minimum Gasteiger partial charge on any atom is -0.502 e. The molecule has 3 rings (SSSR count). The molecule has 2 aromatic carbocycles. The summed E-state index contributed by atoms with van der Waals surface area (Å²) < 4.78 is 10.4. The van der Waals surface area contributed by atoms with E-state index in [-0.39, 0.29) is 5.75 Å². The highest BCUT2D eigenvalue weighted by Crippen LogP contribution is 2.40. The highest BCUT2D eigenvalue weighted by Gasteiger charge is 2.13. The quantitative estimate of drug-likeness (QED) is 0.764. The van der Waals surface area contributed by atoms with E-state index in [9.17, 15) is 5.11 Å². The van der Waals surface area contributed by atoms with E-state index in [1.807, 2.05) is 24.3 Å². The van der Waals surface area contributed by atoms with Gasteiger partial charge in [-0.15, -0.1) is 0 Å². The molecule has 4 heteroatoms. The largest absolute Gasteiger partial charge is 0.502 e. The molecule has 0 aliphatic heterocycles. The minimum atomic E-state index is 0.00913. The maximum Gasteiger partial charge on any atom is 0.200 e. The van der Waals surface area contributed by atoms with Gasteiger partial charge < -0.3 is 19.6 Å². The molecule has 0 fully saturated rings. The molecule has 0 aliphatic carbocycles. The third kappa shape index (κ3) is 1.95. The van der Waals surface area contributed by atoms with Gasteiger partial charge in [-0.1, -0.05) is 18.2 Å². The Hall–Kier alpha value is -2.62. The topological polar surface area (TPSA) is 54.5 Å². The highest BCUT2D eigenvalue weighted by atomic mass is 16.5. The molecule has 3 aromatic rings. The number of H-pyrrole nitrogens is 1. The van der Waals surface area contributed by atoms with Gasteiger partial charge in [0.25, 0.3) is 0 Å². The molecule has 0 saturated carbocycles. The van der Waals surface area contributed by atoms with E-state index in [0.717, 1.165) is 22.2 Å². The van der Waals surface area contributed by atoms with Gasteiger partial charge in [-0.05, 0) is 24.3 Å². The normalized spacial score (nSPS) is 10.7. The number of methoxy groups -OCH3 is 2. The summed E-state index contributed by atoms with van der Waals surface area (Å²) in [6.07, 6.45) is 0. The van der Waals surface area contributed by atoms with Crippen LogP contribution in [0.5, 0.6) is 17.2 Å². The van der Waals surface area contributed by atoms with Gasteiger partial charge in [0.05, 0.1) is 14.2 Å². The van der Waals surface area contributed by atoms with Crippen LogP contribution in [0.2, 0.25) is 0 Å². The van der Waals surface area contributed by atoms with Crippen LogP contribution in [0.3, 0.4) is 0 Å². The Balaban J connectivity index is 2.18. The molecule has 0 radical (unpaired) electrons. The molecule has 0 spiro atoms. The Labute approximate surface area is 116 Å². The fraction of sp³-hybridized carbons (Fsp3) is 0.125. The van der Waals surface area contributed by atoms with E-state index in [1.54, 1.807) is 12.1 Å². The average molecular weight is 269 g/mol. The van der Waals surface area contributed by atoms with Crippen molar-refractivity contribution in [3.05, 3.63) is 42.5 Å². The number of phenolic OH excluding ortho intramolecular Hbond substituents is 1. The van der Waals surface area contributed by atoms with Crippen molar-refractivity contribution in [3.8, 4) is 28.5 Å². The van der Waals surface area contributed by atoms with Gasteiger partial charge in [0.15, 0.2) is 11.5 Å². The monoisotopic (exact) mass is 269 g/mol. The molecular weight excluding hydrogens is 254 g/mol. The molecule has 0 aliphatic rings. The van der Waals surface area contributed by atoms with Crippen molar-refractivity contribution >= 4 is 10.9 Å². The Bertz CT molecular complexity index is 703. The number of aromatic amines is 1. The molecule has 0 amide bonds. The van der Waals surface area contributed by atoms with Gasteiger partial charge in [-0.25, -0.2) is 0 Å². The minimum absolute atomic E-state index is 0.00913. The molecule has 2 N–H and O–H groups in total. The summed E-state index contributed by atoms with van der Waals surface area (Å²) in [5.74, 6) is 0.783. The summed E-state index contributed by atoms with van der Waals surface area (Å²) in [6.45, 7) is 0. The van der Waals surface area contributed by atoms with Crippen LogP contribution in [0.15, 0.2) is 42.5 Å². The van der Waals surface area contributed by atoms with Crippen LogP contribution in [0, 0.1) is 0 Å². The maximum absolute atomic E-state index is 9.94. The molecule has 0 bridgehead atoms. The van der Waals surface area contributed by atoms with E-state index in [4.69, 9.17) is 9.47 Å². The fourth-order valence-corrected chi connectivity index (χ4v) is 2.28. The zero-order valence-electron chi connectivity index (χ0n) is 11.3. The SMILES string of the molecule is COc1cc(-c2cc3ccccc3[nH]2)cc(OC)c1O. The highest BCUT2D eigenvalue weighted by molar-refractivity contribution is 5.86. The summed E-state index contributed by atoms with van der Waals surface area (Å²) in [5, 5.41) is 11.1. The number of para-hydroxylation sites is 1. The lowest BCUT2D eigenvalue weighted by Crippen LogP contribution is -1.90. The second kappa shape index (κ2) is 4.81. The molecule has 20 heavy (non-hydrogen) atoms. The van der Waals surface area contributed by atoms with Crippen molar-refractivity contribution in [1.29, 1.82) is 0 Å². The number of phenols is 1. The van der Waals surface area contributed by atoms with Gasteiger partial charge in [-0.2, -0.15) is 0 Å². The van der Waals surface area contributed by atoms with Crippen molar-refractivity contribution in [3.63, 3.8) is 0 Å². The fourth-order valence-electron chi connectivity index (χ4n) is 2.28. The zero-order chi connectivity index (χ0) is 14.1. The van der Waals surface area contributed by atoms with Crippen LogP contribution >= 0.6 is 0 Å². The van der Waals surface area contributed by atoms with Gasteiger partial charge in [0.1, 0.15) is 0 Å². The summed E-state index contributed by atoms with van der Waals surface area (Å²) in [7, 11) is 3.03. The predicted octanol–water partition coefficient (Wildman–Crippen LogP) is 3.56. The van der Waals surface area contributed by atoms with E-state index >= 15 is 0 Å². The third-order valence-corrected chi connectivity index (χ3v) is 3.32. The van der Waals surface area contributed by atoms with Crippen molar-refractivity contribution in [2.75, 3.05) is 14.2 Å². The predicted molar refractivity (Wildman–Crippen MR) is 78.5 cm³/mol. The number of aromatic hydroxyl groups is 1. The van der Waals surface area contributed by atoms with Gasteiger partial charge in [0, 0.05) is 22.2 Å². The van der Waals surface area contributed by atoms with Crippen LogP contribution < -0.4 is 9.47 Å². The van der Waals surface area contributed by atoms with Crippen molar-refractivity contribution in [2.24, 2.45) is 0 Å². The van der Waals surface area contributed by atoms with Gasteiger partial charge >= 0.3 is 0 Å². The molecule has 102 valence electrons. The second-order valence-electron chi connectivity index (χ2n) is 4.50. The number of aromatic nitrogens is 1. The lowest BCUT2D eigenvalue weighted by Gasteiger charge is -2.10. The van der Waals surface area contributed by atoms with Gasteiger partial charge in [-0.3, -0.25) is 0 Å². The Kier molecular flexibility index (Phi) is 2.99. The number of rotatable bonds is 3. The Morgan fingerprint density at radius 1 is 0.950 bits per heavy atom. The Morgan fingerprint density at radius 3 is 2.20 bits per heavy atom. The molecule has 0 unspecified atom stereocenters. The molecular formula is C16H15NO3. The van der Waals surface area contributed by atoms with Crippen molar-refractivity contribution in [2.45, 2.75) is 0 Å². The lowest BCUT2D eigenvalue weighted by atomic mass is 10.1. The molecule has 0 saturated heterocycles. The van der Waals surface area contributed by atoms with Crippen LogP contribution in [-0.4, -0.2) is 24.3 Å². The number of hydrogen-bond donors (Lipinski definition) is 2. The first-order valence-electron chi connectivity index (χ1n) is 6.26. The summed E-state index contributed by atoms with van der Waals surface area (Å²) in [6, 6.07) is 13.7. The van der Waals surface area contributed by atoms with Gasteiger partial charge in [0.2, 0.25) is 5.75 Å². The number of ether oxygens (including phenoxy) is 2. The molecule has 4 nitrogen and oxygen atoms in total. The average Bonchev–Trinajstić information content (AvgIpc) is 2.91. The van der Waals surface area contributed by atoms with E-state index in [2.05, 4.69) is 11.1 Å². The molecule has 1 aromatic heterocycles. The first kappa shape index (κ1) is 12.4. The van der Waals surface area contributed by atoms with Crippen LogP contribution in [0.1, 0.15) is 0 Å². The van der Waals surface area contributed by atoms with E-state index < -0.39 is 0 Å². The molecule has 0 atom stereocenters. The van der Waals surface area contributed by atoms with Crippen LogP contribution in [-0.2, 0) is 0 Å². The maximum atomic E-state index is 9.94. The third-order valence-electron chi connectivity index (χ3n) is 3.32. The zero-order valence-corrected chi connectivity index (χ0v) is 11.3. The Morgan fingerprint density at radius 2 is 1.60 bits per heavy atom. The summed E-state index contributed by atoms with van der Waals surface area (Å²) in [4.78, 5) is 3.34. The van der Waals surface area contributed by atoms with E-state index in [1.165, 1.54) is 14.2 Å². The number of fused-ring (bicyclic) bond motifs is 1. The van der Waals surface area contributed by atoms with Crippen LogP contribution in [0.4, 0.5) is 0 Å². The second-order valence-corrected chi connectivity index (χ2v) is 4.50. The number of nitrogens with one attached hydrogen (secondary N) is 1. The van der Waals surface area contributed by atoms with E-state index in [0.29, 0.717) is 11.5 Å². The summed E-state index contributed by atoms with van der Waals surface area (Å²) >= 11 is 0. The lowest BCUT2D eigenvalue weighted by molar-refractivity contribution is 0.340. The smallest absolute Gasteiger partial charge is 0.200 e. The first-order valence-corrected chi connectivity index (χ1v) is 6.26. The standard InChI is InChI=1S/C16H15NO3/c1-19-14-8-11(9-15(20-2)16(14)18)13-7-10-5-3-4-6-12(10)17-13/h3-9,17-18H,1-2H3. The molecule has 1 heterocycles. The van der Waals surface area contributed by atoms with Crippen LogP contribution in [0.25, 0.3) is 22.2 Å². The van der Waals surface area contributed by atoms with Crippen molar-refractivity contribution < 1.29 is 14.6 Å².